The molecule has 0 radical (unpaired) electrons. The largest absolute Gasteiger partial charge is 0.364 e. The molecule has 4 heterocycles. The molecule has 1 saturated heterocycles. The van der Waals surface area contributed by atoms with E-state index in [4.69, 9.17) is 0 Å². The third kappa shape index (κ3) is 3.84. The van der Waals surface area contributed by atoms with Crippen LogP contribution in [0.2, 0.25) is 0 Å². The molecule has 0 aromatic carbocycles. The second-order valence-electron chi connectivity index (χ2n) is 6.66. The van der Waals surface area contributed by atoms with E-state index in [2.05, 4.69) is 30.9 Å². The van der Waals surface area contributed by atoms with Gasteiger partial charge in [0.25, 0.3) is 5.91 Å². The Balaban J connectivity index is 1.41. The number of carbonyl (C=O) groups is 1. The predicted molar refractivity (Wildman–Crippen MR) is 104 cm³/mol. The molecule has 1 aliphatic rings. The molecule has 1 atom stereocenters. The van der Waals surface area contributed by atoms with Crippen LogP contribution >= 0.6 is 0 Å². The number of likely N-dealkylation sites (N-methyl/N-ethyl adjacent to an activating group) is 1. The van der Waals surface area contributed by atoms with Gasteiger partial charge in [0.15, 0.2) is 11.5 Å². The highest BCUT2D eigenvalue weighted by molar-refractivity contribution is 5.92. The Labute approximate surface area is 162 Å². The van der Waals surface area contributed by atoms with E-state index < -0.39 is 0 Å². The van der Waals surface area contributed by atoms with Gasteiger partial charge in [-0.15, -0.1) is 10.2 Å². The number of anilines is 1. The van der Waals surface area contributed by atoms with Crippen LogP contribution in [0.25, 0.3) is 5.82 Å². The molecule has 1 fully saturated rings. The first-order valence-electron chi connectivity index (χ1n) is 9.22. The molecule has 28 heavy (non-hydrogen) atoms. The number of hydrogen-bond acceptors (Lipinski definition) is 7. The molecule has 2 N–H and O–H groups in total. The van der Waals surface area contributed by atoms with E-state index in [1.165, 1.54) is 0 Å². The zero-order valence-corrected chi connectivity index (χ0v) is 15.6. The van der Waals surface area contributed by atoms with Gasteiger partial charge in [-0.2, -0.15) is 5.10 Å². The standard InChI is InChI=1S/C19H22N8O/c1-26(15-7-10-20-13-15)19(28)16-5-6-17(25-24-16)22-12-14-4-2-8-21-18(14)27-11-3-9-23-27/h2-6,8-9,11,15,20H,7,10,12-13H2,1H3,(H,22,25). The molecule has 9 heteroatoms. The van der Waals surface area contributed by atoms with Crippen LogP contribution in [0.1, 0.15) is 22.5 Å². The fourth-order valence-corrected chi connectivity index (χ4v) is 3.21. The zero-order chi connectivity index (χ0) is 19.3. The van der Waals surface area contributed by atoms with Crippen molar-refractivity contribution in [3.05, 3.63) is 60.2 Å². The highest BCUT2D eigenvalue weighted by Crippen LogP contribution is 2.14. The lowest BCUT2D eigenvalue weighted by Gasteiger charge is -2.23. The van der Waals surface area contributed by atoms with Crippen molar-refractivity contribution >= 4 is 11.7 Å². The van der Waals surface area contributed by atoms with Crippen molar-refractivity contribution in [1.82, 2.24) is 35.2 Å². The van der Waals surface area contributed by atoms with Crippen molar-refractivity contribution in [3.8, 4) is 5.82 Å². The van der Waals surface area contributed by atoms with Crippen LogP contribution in [0, 0.1) is 0 Å². The molecule has 1 amide bonds. The first-order valence-corrected chi connectivity index (χ1v) is 9.22. The minimum absolute atomic E-state index is 0.110. The smallest absolute Gasteiger partial charge is 0.274 e. The SMILES string of the molecule is CN(C(=O)c1ccc(NCc2cccnc2-n2cccn2)nn1)C1CCNC1. The average Bonchev–Trinajstić information content (AvgIpc) is 3.46. The van der Waals surface area contributed by atoms with Crippen LogP contribution in [0.3, 0.4) is 0 Å². The zero-order valence-electron chi connectivity index (χ0n) is 15.6. The highest BCUT2D eigenvalue weighted by atomic mass is 16.2. The minimum atomic E-state index is -0.110. The topological polar surface area (TPSA) is 101 Å². The summed E-state index contributed by atoms with van der Waals surface area (Å²) < 4.78 is 1.72. The summed E-state index contributed by atoms with van der Waals surface area (Å²) >= 11 is 0. The van der Waals surface area contributed by atoms with Crippen molar-refractivity contribution in [2.75, 3.05) is 25.5 Å². The number of amides is 1. The molecule has 1 unspecified atom stereocenters. The summed E-state index contributed by atoms with van der Waals surface area (Å²) in [6.45, 7) is 2.27. The molecule has 0 aliphatic carbocycles. The number of rotatable bonds is 6. The Morgan fingerprint density at radius 1 is 1.29 bits per heavy atom. The lowest BCUT2D eigenvalue weighted by atomic mass is 10.2. The average molecular weight is 378 g/mol. The van der Waals surface area contributed by atoms with Gasteiger partial charge in [0, 0.05) is 50.3 Å². The molecule has 4 rings (SSSR count). The molecular formula is C19H22N8O. The van der Waals surface area contributed by atoms with Crippen molar-refractivity contribution in [1.29, 1.82) is 0 Å². The van der Waals surface area contributed by atoms with Crippen molar-refractivity contribution < 1.29 is 4.79 Å². The number of aromatic nitrogens is 5. The normalized spacial score (nSPS) is 16.1. The van der Waals surface area contributed by atoms with E-state index >= 15 is 0 Å². The summed E-state index contributed by atoms with van der Waals surface area (Å²) in [4.78, 5) is 18.7. The Hall–Kier alpha value is -3.33. The summed E-state index contributed by atoms with van der Waals surface area (Å²) in [7, 11) is 1.81. The van der Waals surface area contributed by atoms with Gasteiger partial charge in [-0.05, 0) is 37.2 Å². The molecule has 0 bridgehead atoms. The third-order valence-corrected chi connectivity index (χ3v) is 4.83. The Morgan fingerprint density at radius 2 is 2.21 bits per heavy atom. The Morgan fingerprint density at radius 3 is 2.93 bits per heavy atom. The number of nitrogens with one attached hydrogen (secondary N) is 2. The maximum Gasteiger partial charge on any atom is 0.274 e. The quantitative estimate of drug-likeness (QED) is 0.662. The lowest BCUT2D eigenvalue weighted by molar-refractivity contribution is 0.0736. The molecule has 0 saturated carbocycles. The summed E-state index contributed by atoms with van der Waals surface area (Å²) in [6.07, 6.45) is 6.25. The molecule has 9 nitrogen and oxygen atoms in total. The van der Waals surface area contributed by atoms with E-state index in [-0.39, 0.29) is 11.9 Å². The number of carbonyl (C=O) groups excluding carboxylic acids is 1. The van der Waals surface area contributed by atoms with Gasteiger partial charge in [0.2, 0.25) is 0 Å². The van der Waals surface area contributed by atoms with Gasteiger partial charge in [0.05, 0.1) is 0 Å². The lowest BCUT2D eigenvalue weighted by Crippen LogP contribution is -2.38. The maximum absolute atomic E-state index is 12.6. The molecule has 3 aromatic rings. The van der Waals surface area contributed by atoms with E-state index in [9.17, 15) is 4.79 Å². The van der Waals surface area contributed by atoms with Crippen LogP contribution in [0.15, 0.2) is 48.9 Å². The second kappa shape index (κ2) is 8.13. The number of pyridine rings is 1. The van der Waals surface area contributed by atoms with E-state index in [1.807, 2.05) is 31.4 Å². The minimum Gasteiger partial charge on any atom is -0.364 e. The highest BCUT2D eigenvalue weighted by Gasteiger charge is 2.24. The van der Waals surface area contributed by atoms with Gasteiger partial charge in [-0.3, -0.25) is 4.79 Å². The van der Waals surface area contributed by atoms with Crippen molar-refractivity contribution in [2.45, 2.75) is 19.0 Å². The van der Waals surface area contributed by atoms with Crippen LogP contribution < -0.4 is 10.6 Å². The summed E-state index contributed by atoms with van der Waals surface area (Å²) in [5.74, 6) is 1.24. The first-order chi connectivity index (χ1) is 13.7. The summed E-state index contributed by atoms with van der Waals surface area (Å²) in [5.41, 5.74) is 1.32. The van der Waals surface area contributed by atoms with E-state index in [0.717, 1.165) is 30.9 Å². The van der Waals surface area contributed by atoms with Gasteiger partial charge in [-0.1, -0.05) is 6.07 Å². The number of hydrogen-bond donors (Lipinski definition) is 2. The molecule has 0 spiro atoms. The first kappa shape index (κ1) is 18.1. The van der Waals surface area contributed by atoms with E-state index in [0.29, 0.717) is 18.1 Å². The summed E-state index contributed by atoms with van der Waals surface area (Å²) in [6, 6.07) is 9.39. The van der Waals surface area contributed by atoms with E-state index in [1.54, 1.807) is 34.1 Å². The molecule has 1 aliphatic heterocycles. The monoisotopic (exact) mass is 378 g/mol. The predicted octanol–water partition coefficient (Wildman–Crippen LogP) is 1.10. The van der Waals surface area contributed by atoms with Crippen LogP contribution in [0.5, 0.6) is 0 Å². The molecule has 3 aromatic heterocycles. The Kier molecular flexibility index (Phi) is 5.24. The molecule has 144 valence electrons. The van der Waals surface area contributed by atoms with Gasteiger partial charge < -0.3 is 15.5 Å². The fraction of sp³-hybridized carbons (Fsp3) is 0.316. The van der Waals surface area contributed by atoms with Crippen LogP contribution in [-0.4, -0.2) is 61.9 Å². The number of nitrogens with zero attached hydrogens (tertiary/aromatic N) is 6. The van der Waals surface area contributed by atoms with Gasteiger partial charge >= 0.3 is 0 Å². The van der Waals surface area contributed by atoms with Crippen molar-refractivity contribution in [2.24, 2.45) is 0 Å². The fourth-order valence-electron chi connectivity index (χ4n) is 3.21. The Bertz CT molecular complexity index is 919. The van der Waals surface area contributed by atoms with Crippen LogP contribution in [0.4, 0.5) is 5.82 Å². The summed E-state index contributed by atoms with van der Waals surface area (Å²) in [5, 5.41) is 19.0. The van der Waals surface area contributed by atoms with Gasteiger partial charge in [0.1, 0.15) is 5.82 Å². The van der Waals surface area contributed by atoms with Crippen LogP contribution in [-0.2, 0) is 6.54 Å². The van der Waals surface area contributed by atoms with Gasteiger partial charge in [-0.25, -0.2) is 9.67 Å². The van der Waals surface area contributed by atoms with Crippen molar-refractivity contribution in [3.63, 3.8) is 0 Å². The third-order valence-electron chi connectivity index (χ3n) is 4.83. The maximum atomic E-state index is 12.6. The molecular weight excluding hydrogens is 356 g/mol. The second-order valence-corrected chi connectivity index (χ2v) is 6.66.